The number of thioether (sulfide) groups is 1. The molecule has 1 fully saturated rings. The number of rotatable bonds is 7. The first kappa shape index (κ1) is 17.3. The molecule has 124 valence electrons. The highest BCUT2D eigenvalue weighted by atomic mass is 32.2. The van der Waals surface area contributed by atoms with Crippen molar-refractivity contribution in [1.82, 2.24) is 14.6 Å². The standard InChI is InChI=1S/C13H22N4O3S2/c14-3-1-2-4-15-13(18)12-9-11(10-16-12)22(19,20)17-5-7-21-8-6-17/h9-10,16H,1-8,14H2,(H,15,18). The topological polar surface area (TPSA) is 108 Å². The summed E-state index contributed by atoms with van der Waals surface area (Å²) in [5.41, 5.74) is 5.65. The van der Waals surface area contributed by atoms with Crippen LogP contribution in [0, 0.1) is 0 Å². The van der Waals surface area contributed by atoms with Crippen LogP contribution in [0.5, 0.6) is 0 Å². The molecular formula is C13H22N4O3S2. The van der Waals surface area contributed by atoms with E-state index in [2.05, 4.69) is 10.3 Å². The fraction of sp³-hybridized carbons (Fsp3) is 0.615. The van der Waals surface area contributed by atoms with Gasteiger partial charge in [-0.05, 0) is 25.5 Å². The molecule has 0 bridgehead atoms. The summed E-state index contributed by atoms with van der Waals surface area (Å²) in [4.78, 5) is 14.8. The molecule has 4 N–H and O–H groups in total. The van der Waals surface area contributed by atoms with Crippen LogP contribution in [-0.4, -0.2) is 61.3 Å². The SMILES string of the molecule is NCCCCNC(=O)c1cc(S(=O)(=O)N2CCSCC2)c[nH]1. The summed E-state index contributed by atoms with van der Waals surface area (Å²) in [5.74, 6) is 1.31. The zero-order chi connectivity index (χ0) is 16.0. The van der Waals surface area contributed by atoms with E-state index in [4.69, 9.17) is 5.73 Å². The Morgan fingerprint density at radius 1 is 1.36 bits per heavy atom. The fourth-order valence-electron chi connectivity index (χ4n) is 2.16. The molecule has 0 radical (unpaired) electrons. The number of aromatic amines is 1. The number of H-pyrrole nitrogens is 1. The minimum atomic E-state index is -3.51. The summed E-state index contributed by atoms with van der Waals surface area (Å²) in [6.45, 7) is 2.15. The number of amides is 1. The van der Waals surface area contributed by atoms with Crippen molar-refractivity contribution in [2.24, 2.45) is 5.73 Å². The molecule has 1 saturated heterocycles. The second-order valence-electron chi connectivity index (χ2n) is 5.02. The van der Waals surface area contributed by atoms with Gasteiger partial charge in [0.1, 0.15) is 10.6 Å². The lowest BCUT2D eigenvalue weighted by molar-refractivity contribution is 0.0948. The van der Waals surface area contributed by atoms with Crippen LogP contribution in [0.2, 0.25) is 0 Å². The van der Waals surface area contributed by atoms with E-state index >= 15 is 0 Å². The third-order valence-corrected chi connectivity index (χ3v) is 6.24. The lowest BCUT2D eigenvalue weighted by atomic mass is 10.3. The van der Waals surface area contributed by atoms with Crippen LogP contribution in [0.1, 0.15) is 23.3 Å². The van der Waals surface area contributed by atoms with E-state index in [0.29, 0.717) is 26.2 Å². The largest absolute Gasteiger partial charge is 0.356 e. The molecule has 0 spiro atoms. The maximum absolute atomic E-state index is 12.5. The number of unbranched alkanes of at least 4 members (excludes halogenated alkanes) is 1. The molecule has 7 nitrogen and oxygen atoms in total. The third-order valence-electron chi connectivity index (χ3n) is 3.43. The highest BCUT2D eigenvalue weighted by Crippen LogP contribution is 2.20. The first-order valence-corrected chi connectivity index (χ1v) is 9.90. The minimum Gasteiger partial charge on any atom is -0.356 e. The Hall–Kier alpha value is -1.03. The van der Waals surface area contributed by atoms with Gasteiger partial charge in [-0.15, -0.1) is 0 Å². The first-order valence-electron chi connectivity index (χ1n) is 7.30. The molecule has 0 aromatic carbocycles. The van der Waals surface area contributed by atoms with E-state index in [-0.39, 0.29) is 16.5 Å². The number of nitrogens with zero attached hydrogens (tertiary/aromatic N) is 1. The summed E-state index contributed by atoms with van der Waals surface area (Å²) >= 11 is 1.75. The van der Waals surface area contributed by atoms with Gasteiger partial charge in [0.2, 0.25) is 10.0 Å². The Morgan fingerprint density at radius 2 is 2.09 bits per heavy atom. The molecule has 0 atom stereocenters. The maximum Gasteiger partial charge on any atom is 0.267 e. The molecular weight excluding hydrogens is 324 g/mol. The van der Waals surface area contributed by atoms with Crippen molar-refractivity contribution < 1.29 is 13.2 Å². The van der Waals surface area contributed by atoms with Crippen LogP contribution in [0.15, 0.2) is 17.2 Å². The molecule has 0 saturated carbocycles. The van der Waals surface area contributed by atoms with Gasteiger partial charge in [-0.25, -0.2) is 8.42 Å². The zero-order valence-electron chi connectivity index (χ0n) is 12.4. The Balaban J connectivity index is 1.99. The third kappa shape index (κ3) is 4.25. The van der Waals surface area contributed by atoms with Crippen molar-refractivity contribution in [3.8, 4) is 0 Å². The van der Waals surface area contributed by atoms with Gasteiger partial charge in [0.05, 0.1) is 0 Å². The molecule has 1 aliphatic rings. The maximum atomic E-state index is 12.5. The van der Waals surface area contributed by atoms with Crippen molar-refractivity contribution in [3.63, 3.8) is 0 Å². The van der Waals surface area contributed by atoms with Crippen molar-refractivity contribution in [2.45, 2.75) is 17.7 Å². The minimum absolute atomic E-state index is 0.145. The lowest BCUT2D eigenvalue weighted by Crippen LogP contribution is -2.37. The number of aromatic nitrogens is 1. The van der Waals surface area contributed by atoms with Gasteiger partial charge in [0.15, 0.2) is 0 Å². The summed E-state index contributed by atoms with van der Waals surface area (Å²) in [6, 6.07) is 1.40. The first-order chi connectivity index (χ1) is 10.6. The average molecular weight is 346 g/mol. The van der Waals surface area contributed by atoms with Crippen LogP contribution in [0.25, 0.3) is 0 Å². The van der Waals surface area contributed by atoms with Crippen molar-refractivity contribution in [3.05, 3.63) is 18.0 Å². The normalized spacial score (nSPS) is 16.6. The number of hydrogen-bond donors (Lipinski definition) is 3. The molecule has 2 heterocycles. The van der Waals surface area contributed by atoms with Crippen molar-refractivity contribution in [2.75, 3.05) is 37.7 Å². The monoisotopic (exact) mass is 346 g/mol. The van der Waals surface area contributed by atoms with E-state index in [1.54, 1.807) is 11.8 Å². The smallest absolute Gasteiger partial charge is 0.267 e. The zero-order valence-corrected chi connectivity index (χ0v) is 14.0. The van der Waals surface area contributed by atoms with Crippen molar-refractivity contribution in [1.29, 1.82) is 0 Å². The summed E-state index contributed by atoms with van der Waals surface area (Å²) < 4.78 is 26.4. The van der Waals surface area contributed by atoms with Gasteiger partial charge in [-0.3, -0.25) is 4.79 Å². The van der Waals surface area contributed by atoms with Crippen LogP contribution < -0.4 is 11.1 Å². The molecule has 1 aromatic heterocycles. The van der Waals surface area contributed by atoms with Crippen molar-refractivity contribution >= 4 is 27.7 Å². The van der Waals surface area contributed by atoms with Gasteiger partial charge in [0.25, 0.3) is 5.91 Å². The van der Waals surface area contributed by atoms with Crippen LogP contribution in [0.4, 0.5) is 0 Å². The summed E-state index contributed by atoms with van der Waals surface area (Å²) in [7, 11) is -3.51. The highest BCUT2D eigenvalue weighted by Gasteiger charge is 2.27. The fourth-order valence-corrected chi connectivity index (χ4v) is 4.73. The molecule has 2 rings (SSSR count). The van der Waals surface area contributed by atoms with Gasteiger partial charge in [0, 0.05) is 37.3 Å². The van der Waals surface area contributed by atoms with Gasteiger partial charge in [-0.2, -0.15) is 16.1 Å². The predicted octanol–water partition coefficient (Wildman–Crippen LogP) is 0.221. The van der Waals surface area contributed by atoms with E-state index in [0.717, 1.165) is 24.3 Å². The van der Waals surface area contributed by atoms with E-state index in [1.807, 2.05) is 0 Å². The lowest BCUT2D eigenvalue weighted by Gasteiger charge is -2.24. The summed E-state index contributed by atoms with van der Waals surface area (Å²) in [5, 5.41) is 2.74. The molecule has 9 heteroatoms. The molecule has 0 aliphatic carbocycles. The molecule has 1 aromatic rings. The molecule has 1 amide bonds. The number of carbonyl (C=O) groups is 1. The Labute approximate surface area is 135 Å². The van der Waals surface area contributed by atoms with E-state index in [9.17, 15) is 13.2 Å². The van der Waals surface area contributed by atoms with E-state index in [1.165, 1.54) is 16.6 Å². The number of hydrogen-bond acceptors (Lipinski definition) is 5. The average Bonchev–Trinajstić information content (AvgIpc) is 3.03. The Morgan fingerprint density at radius 3 is 2.77 bits per heavy atom. The Bertz CT molecular complexity index is 594. The highest BCUT2D eigenvalue weighted by molar-refractivity contribution is 7.99. The number of nitrogens with two attached hydrogens (primary N) is 1. The van der Waals surface area contributed by atoms with Crippen LogP contribution >= 0.6 is 11.8 Å². The molecule has 1 aliphatic heterocycles. The quantitative estimate of drug-likeness (QED) is 0.612. The van der Waals surface area contributed by atoms with Crippen LogP contribution in [-0.2, 0) is 10.0 Å². The molecule has 0 unspecified atom stereocenters. The second-order valence-corrected chi connectivity index (χ2v) is 8.18. The van der Waals surface area contributed by atoms with Gasteiger partial charge in [-0.1, -0.05) is 0 Å². The predicted molar refractivity (Wildman–Crippen MR) is 87.5 cm³/mol. The number of nitrogens with one attached hydrogen (secondary N) is 2. The van der Waals surface area contributed by atoms with E-state index < -0.39 is 10.0 Å². The number of carbonyl (C=O) groups excluding carboxylic acids is 1. The van der Waals surface area contributed by atoms with Crippen LogP contribution in [0.3, 0.4) is 0 Å². The van der Waals surface area contributed by atoms with Gasteiger partial charge >= 0.3 is 0 Å². The second kappa shape index (κ2) is 8.00. The summed E-state index contributed by atoms with van der Waals surface area (Å²) in [6.07, 6.45) is 3.03. The van der Waals surface area contributed by atoms with Gasteiger partial charge < -0.3 is 16.0 Å². The molecule has 22 heavy (non-hydrogen) atoms. The number of sulfonamides is 1. The Kier molecular flexibility index (Phi) is 6.30.